The number of hydrogen-bond acceptors (Lipinski definition) is 3. The van der Waals surface area contributed by atoms with Crippen LogP contribution in [0.4, 0.5) is 0 Å². The average molecular weight is 269 g/mol. The van der Waals surface area contributed by atoms with Crippen LogP contribution < -0.4 is 11.1 Å². The predicted octanol–water partition coefficient (Wildman–Crippen LogP) is 1.88. The van der Waals surface area contributed by atoms with Crippen LogP contribution >= 0.6 is 0 Å². The maximum Gasteiger partial charge on any atom is 0.234 e. The van der Waals surface area contributed by atoms with E-state index in [2.05, 4.69) is 24.1 Å². The number of carbonyl (C=O) groups is 1. The quantitative estimate of drug-likeness (QED) is 0.707. The summed E-state index contributed by atoms with van der Waals surface area (Å²) < 4.78 is 0. The summed E-state index contributed by atoms with van der Waals surface area (Å²) in [5, 5.41) is 3.20. The summed E-state index contributed by atoms with van der Waals surface area (Å²) in [5.41, 5.74) is 5.88. The number of carbonyl (C=O) groups excluding carboxylic acids is 1. The van der Waals surface area contributed by atoms with Gasteiger partial charge in [0.2, 0.25) is 5.91 Å². The highest BCUT2D eigenvalue weighted by Gasteiger charge is 2.19. The Kier molecular flexibility index (Phi) is 8.07. The monoisotopic (exact) mass is 269 g/mol. The summed E-state index contributed by atoms with van der Waals surface area (Å²) in [7, 11) is 0. The molecule has 19 heavy (non-hydrogen) atoms. The highest BCUT2D eigenvalue weighted by molar-refractivity contribution is 5.78. The molecule has 0 aromatic rings. The largest absolute Gasteiger partial charge is 0.352 e. The van der Waals surface area contributed by atoms with Gasteiger partial charge in [-0.15, -0.1) is 0 Å². The SMILES string of the molecule is CCCCC(CCC)NC(=O)CN1CCC(N)CC1. The van der Waals surface area contributed by atoms with Gasteiger partial charge in [-0.3, -0.25) is 9.69 Å². The van der Waals surface area contributed by atoms with Gasteiger partial charge in [0.05, 0.1) is 6.54 Å². The maximum atomic E-state index is 12.1. The van der Waals surface area contributed by atoms with Crippen molar-refractivity contribution in [1.82, 2.24) is 10.2 Å². The van der Waals surface area contributed by atoms with E-state index in [1.54, 1.807) is 0 Å². The van der Waals surface area contributed by atoms with E-state index in [9.17, 15) is 4.79 Å². The van der Waals surface area contributed by atoms with Gasteiger partial charge in [0, 0.05) is 25.2 Å². The van der Waals surface area contributed by atoms with E-state index in [0.29, 0.717) is 18.6 Å². The van der Waals surface area contributed by atoms with Crippen molar-refractivity contribution >= 4 is 5.91 Å². The van der Waals surface area contributed by atoms with Crippen LogP contribution in [0.25, 0.3) is 0 Å². The van der Waals surface area contributed by atoms with E-state index in [0.717, 1.165) is 45.2 Å². The van der Waals surface area contributed by atoms with Crippen LogP contribution in [0.15, 0.2) is 0 Å². The molecule has 1 aliphatic heterocycles. The Balaban J connectivity index is 2.27. The molecule has 1 rings (SSSR count). The average Bonchev–Trinajstić information content (AvgIpc) is 2.39. The molecule has 0 aliphatic carbocycles. The highest BCUT2D eigenvalue weighted by atomic mass is 16.2. The van der Waals surface area contributed by atoms with Crippen molar-refractivity contribution in [2.45, 2.75) is 70.9 Å². The summed E-state index contributed by atoms with van der Waals surface area (Å²) in [5.74, 6) is 0.185. The van der Waals surface area contributed by atoms with Gasteiger partial charge in [0.1, 0.15) is 0 Å². The van der Waals surface area contributed by atoms with Gasteiger partial charge in [0.15, 0.2) is 0 Å². The first kappa shape index (κ1) is 16.4. The Hall–Kier alpha value is -0.610. The summed E-state index contributed by atoms with van der Waals surface area (Å²) >= 11 is 0. The van der Waals surface area contributed by atoms with Crippen LogP contribution in [0.3, 0.4) is 0 Å². The summed E-state index contributed by atoms with van der Waals surface area (Å²) in [6.07, 6.45) is 7.76. The second-order valence-corrected chi connectivity index (χ2v) is 5.81. The lowest BCUT2D eigenvalue weighted by Crippen LogP contribution is -2.46. The van der Waals surface area contributed by atoms with Crippen LogP contribution in [-0.4, -0.2) is 42.5 Å². The molecule has 3 N–H and O–H groups in total. The molecule has 1 aliphatic rings. The summed E-state index contributed by atoms with van der Waals surface area (Å²) in [4.78, 5) is 14.3. The zero-order valence-corrected chi connectivity index (χ0v) is 12.7. The van der Waals surface area contributed by atoms with Crippen molar-refractivity contribution in [3.63, 3.8) is 0 Å². The molecule has 0 radical (unpaired) electrons. The molecule has 4 heteroatoms. The third kappa shape index (κ3) is 6.92. The second-order valence-electron chi connectivity index (χ2n) is 5.81. The highest BCUT2D eigenvalue weighted by Crippen LogP contribution is 2.09. The lowest BCUT2D eigenvalue weighted by Gasteiger charge is -2.30. The molecule has 0 bridgehead atoms. The smallest absolute Gasteiger partial charge is 0.234 e. The van der Waals surface area contributed by atoms with Crippen molar-refractivity contribution < 1.29 is 4.79 Å². The Morgan fingerprint density at radius 3 is 2.53 bits per heavy atom. The van der Waals surface area contributed by atoms with Crippen molar-refractivity contribution in [2.24, 2.45) is 5.73 Å². The van der Waals surface area contributed by atoms with Crippen LogP contribution in [0.1, 0.15) is 58.8 Å². The molecule has 1 amide bonds. The Bertz CT molecular complexity index is 250. The zero-order chi connectivity index (χ0) is 14.1. The first-order chi connectivity index (χ1) is 9.15. The normalized spacial score (nSPS) is 19.3. The van der Waals surface area contributed by atoms with E-state index in [1.807, 2.05) is 0 Å². The molecule has 1 saturated heterocycles. The van der Waals surface area contributed by atoms with Gasteiger partial charge in [-0.1, -0.05) is 33.1 Å². The molecule has 0 aromatic heterocycles. The number of amides is 1. The summed E-state index contributed by atoms with van der Waals surface area (Å²) in [6.45, 7) is 6.84. The molecule has 0 aromatic carbocycles. The van der Waals surface area contributed by atoms with Gasteiger partial charge < -0.3 is 11.1 Å². The van der Waals surface area contributed by atoms with Gasteiger partial charge in [-0.2, -0.15) is 0 Å². The fraction of sp³-hybridized carbons (Fsp3) is 0.933. The van der Waals surface area contributed by atoms with Gasteiger partial charge in [-0.05, 0) is 25.7 Å². The third-order valence-corrected chi connectivity index (χ3v) is 3.91. The van der Waals surface area contributed by atoms with E-state index in [-0.39, 0.29) is 5.91 Å². The van der Waals surface area contributed by atoms with Gasteiger partial charge in [0.25, 0.3) is 0 Å². The molecule has 0 saturated carbocycles. The number of nitrogens with one attached hydrogen (secondary N) is 1. The van der Waals surface area contributed by atoms with E-state index in [1.165, 1.54) is 12.8 Å². The number of piperidine rings is 1. The van der Waals surface area contributed by atoms with Crippen molar-refractivity contribution in [1.29, 1.82) is 0 Å². The number of hydrogen-bond donors (Lipinski definition) is 2. The van der Waals surface area contributed by atoms with Crippen molar-refractivity contribution in [3.05, 3.63) is 0 Å². The predicted molar refractivity (Wildman–Crippen MR) is 80.0 cm³/mol. The van der Waals surface area contributed by atoms with Crippen LogP contribution in [-0.2, 0) is 4.79 Å². The minimum atomic E-state index is 0.185. The zero-order valence-electron chi connectivity index (χ0n) is 12.7. The lowest BCUT2D eigenvalue weighted by molar-refractivity contribution is -0.123. The number of nitrogens with two attached hydrogens (primary N) is 1. The molecule has 1 fully saturated rings. The molecule has 1 unspecified atom stereocenters. The minimum absolute atomic E-state index is 0.185. The Morgan fingerprint density at radius 2 is 1.95 bits per heavy atom. The fourth-order valence-electron chi connectivity index (χ4n) is 2.68. The fourth-order valence-corrected chi connectivity index (χ4v) is 2.68. The lowest BCUT2D eigenvalue weighted by atomic mass is 10.0. The van der Waals surface area contributed by atoms with Gasteiger partial charge in [-0.25, -0.2) is 0 Å². The van der Waals surface area contributed by atoms with Crippen LogP contribution in [0.5, 0.6) is 0 Å². The first-order valence-corrected chi connectivity index (χ1v) is 7.93. The molecular formula is C15H31N3O. The third-order valence-electron chi connectivity index (χ3n) is 3.91. The molecule has 1 heterocycles. The van der Waals surface area contributed by atoms with Crippen molar-refractivity contribution in [2.75, 3.05) is 19.6 Å². The molecular weight excluding hydrogens is 238 g/mol. The van der Waals surface area contributed by atoms with Crippen LogP contribution in [0.2, 0.25) is 0 Å². The van der Waals surface area contributed by atoms with E-state index >= 15 is 0 Å². The standard InChI is InChI=1S/C15H31N3O/c1-3-5-7-14(6-4-2)17-15(19)12-18-10-8-13(16)9-11-18/h13-14H,3-12,16H2,1-2H3,(H,17,19). The first-order valence-electron chi connectivity index (χ1n) is 7.93. The molecule has 0 spiro atoms. The molecule has 1 atom stereocenters. The molecule has 112 valence electrons. The van der Waals surface area contributed by atoms with E-state index < -0.39 is 0 Å². The topological polar surface area (TPSA) is 58.4 Å². The van der Waals surface area contributed by atoms with Crippen molar-refractivity contribution in [3.8, 4) is 0 Å². The molecule has 4 nitrogen and oxygen atoms in total. The second kappa shape index (κ2) is 9.32. The Labute approximate surface area is 118 Å². The number of unbranched alkanes of at least 4 members (excludes halogenated alkanes) is 1. The van der Waals surface area contributed by atoms with Crippen LogP contribution in [0, 0.1) is 0 Å². The summed E-state index contributed by atoms with van der Waals surface area (Å²) in [6, 6.07) is 0.696. The van der Waals surface area contributed by atoms with Gasteiger partial charge >= 0.3 is 0 Å². The minimum Gasteiger partial charge on any atom is -0.352 e. The van der Waals surface area contributed by atoms with E-state index in [4.69, 9.17) is 5.73 Å². The number of likely N-dealkylation sites (tertiary alicyclic amines) is 1. The number of nitrogens with zero attached hydrogens (tertiary/aromatic N) is 1. The Morgan fingerprint density at radius 1 is 1.26 bits per heavy atom. The number of rotatable bonds is 8. The maximum absolute atomic E-state index is 12.1.